The molecule has 0 spiro atoms. The van der Waals surface area contributed by atoms with E-state index in [0.717, 1.165) is 13.0 Å². The molecule has 0 radical (unpaired) electrons. The summed E-state index contributed by atoms with van der Waals surface area (Å²) in [7, 11) is 4.19. The Morgan fingerprint density at radius 2 is 1.00 bits per heavy atom. The van der Waals surface area contributed by atoms with Gasteiger partial charge in [-0.05, 0) is 26.9 Å². The molecule has 0 aliphatic carbocycles. The molecular weight excluding hydrogens is 282 g/mol. The maximum Gasteiger partial charge on any atom is 0.109 e. The highest BCUT2D eigenvalue weighted by molar-refractivity contribution is 4.52. The lowest BCUT2D eigenvalue weighted by Crippen LogP contribution is -2.30. The minimum absolute atomic E-state index is 0.303. The highest BCUT2D eigenvalue weighted by atomic mass is 16.5. The summed E-state index contributed by atoms with van der Waals surface area (Å²) in [5.74, 6) is 0. The van der Waals surface area contributed by atoms with Gasteiger partial charge in [0.15, 0.2) is 0 Å². The van der Waals surface area contributed by atoms with Gasteiger partial charge in [-0.25, -0.2) is 0 Å². The number of rotatable bonds is 18. The molecule has 0 heterocycles. The number of hydrogen-bond acceptors (Lipinski definition) is 2. The molecule has 140 valence electrons. The number of hydrogen-bond donors (Lipinski definition) is 0. The quantitative estimate of drug-likeness (QED) is 0.203. The van der Waals surface area contributed by atoms with Crippen molar-refractivity contribution in [3.8, 4) is 0 Å². The van der Waals surface area contributed by atoms with E-state index in [1.807, 2.05) is 0 Å². The Balaban J connectivity index is 3.10. The summed E-state index contributed by atoms with van der Waals surface area (Å²) in [5.41, 5.74) is 0. The van der Waals surface area contributed by atoms with Crippen LogP contribution in [0.3, 0.4) is 0 Å². The maximum atomic E-state index is 5.89. The lowest BCUT2D eigenvalue weighted by atomic mass is 10.0. The first kappa shape index (κ1) is 22.9. The van der Waals surface area contributed by atoms with Crippen LogP contribution in [0.2, 0.25) is 0 Å². The van der Waals surface area contributed by atoms with Crippen LogP contribution in [0.25, 0.3) is 0 Å². The van der Waals surface area contributed by atoms with Crippen LogP contribution in [-0.4, -0.2) is 31.8 Å². The monoisotopic (exact) mass is 327 g/mol. The van der Waals surface area contributed by atoms with Crippen molar-refractivity contribution in [1.29, 1.82) is 0 Å². The van der Waals surface area contributed by atoms with Gasteiger partial charge in [0.05, 0.1) is 0 Å². The van der Waals surface area contributed by atoms with Crippen LogP contribution in [0.5, 0.6) is 0 Å². The van der Waals surface area contributed by atoms with Crippen LogP contribution in [-0.2, 0) is 4.74 Å². The van der Waals surface area contributed by atoms with E-state index in [-0.39, 0.29) is 0 Å². The Bertz CT molecular complexity index is 218. The van der Waals surface area contributed by atoms with Gasteiger partial charge in [0.2, 0.25) is 0 Å². The maximum absolute atomic E-state index is 5.89. The smallest absolute Gasteiger partial charge is 0.109 e. The van der Waals surface area contributed by atoms with E-state index < -0.39 is 0 Å². The van der Waals surface area contributed by atoms with Gasteiger partial charge in [-0.1, -0.05) is 97.3 Å². The van der Waals surface area contributed by atoms with Gasteiger partial charge in [-0.2, -0.15) is 0 Å². The predicted molar refractivity (Wildman–Crippen MR) is 104 cm³/mol. The second kappa shape index (κ2) is 18.3. The van der Waals surface area contributed by atoms with Gasteiger partial charge < -0.3 is 4.74 Å². The van der Waals surface area contributed by atoms with E-state index in [4.69, 9.17) is 4.74 Å². The lowest BCUT2D eigenvalue weighted by Gasteiger charge is -2.23. The third-order valence-corrected chi connectivity index (χ3v) is 4.73. The van der Waals surface area contributed by atoms with Crippen LogP contribution in [0.15, 0.2) is 0 Å². The van der Waals surface area contributed by atoms with E-state index in [0.29, 0.717) is 6.23 Å². The molecule has 0 rings (SSSR count). The molecule has 0 aliphatic heterocycles. The standard InChI is InChI=1S/C21H45NO/c1-5-7-8-9-10-11-12-13-14-15-16-17-18-19-20-23-21(6-2)22(3)4/h21H,5-20H2,1-4H3. The van der Waals surface area contributed by atoms with Crippen LogP contribution < -0.4 is 0 Å². The highest BCUT2D eigenvalue weighted by Gasteiger charge is 2.07. The molecule has 23 heavy (non-hydrogen) atoms. The Hall–Kier alpha value is -0.0800. The normalized spacial score (nSPS) is 12.9. The van der Waals surface area contributed by atoms with Crippen molar-refractivity contribution in [2.45, 2.75) is 116 Å². The second-order valence-electron chi connectivity index (χ2n) is 7.29. The molecule has 1 unspecified atom stereocenters. The van der Waals surface area contributed by atoms with Crippen molar-refractivity contribution >= 4 is 0 Å². The van der Waals surface area contributed by atoms with Crippen molar-refractivity contribution in [3.05, 3.63) is 0 Å². The second-order valence-corrected chi connectivity index (χ2v) is 7.29. The van der Waals surface area contributed by atoms with Gasteiger partial charge >= 0.3 is 0 Å². The summed E-state index contributed by atoms with van der Waals surface area (Å²) in [4.78, 5) is 2.17. The molecule has 0 saturated heterocycles. The first-order valence-electron chi connectivity index (χ1n) is 10.5. The fourth-order valence-electron chi connectivity index (χ4n) is 3.15. The van der Waals surface area contributed by atoms with Crippen LogP contribution in [0.4, 0.5) is 0 Å². The van der Waals surface area contributed by atoms with Crippen molar-refractivity contribution in [3.63, 3.8) is 0 Å². The Morgan fingerprint density at radius 3 is 1.35 bits per heavy atom. The number of nitrogens with zero attached hydrogens (tertiary/aromatic N) is 1. The van der Waals surface area contributed by atoms with E-state index in [9.17, 15) is 0 Å². The van der Waals surface area contributed by atoms with Crippen molar-refractivity contribution < 1.29 is 4.74 Å². The largest absolute Gasteiger partial charge is 0.363 e. The highest BCUT2D eigenvalue weighted by Crippen LogP contribution is 2.13. The summed E-state index contributed by atoms with van der Waals surface area (Å²) < 4.78 is 5.89. The van der Waals surface area contributed by atoms with E-state index in [1.54, 1.807) is 0 Å². The van der Waals surface area contributed by atoms with Crippen LogP contribution in [0, 0.1) is 0 Å². The minimum atomic E-state index is 0.303. The van der Waals surface area contributed by atoms with Gasteiger partial charge in [0.1, 0.15) is 6.23 Å². The zero-order valence-corrected chi connectivity index (χ0v) is 16.7. The molecule has 0 aromatic rings. The Kier molecular flexibility index (Phi) is 18.2. The fraction of sp³-hybridized carbons (Fsp3) is 1.00. The van der Waals surface area contributed by atoms with Crippen LogP contribution in [0.1, 0.15) is 110 Å². The number of ether oxygens (including phenoxy) is 1. The molecular formula is C21H45NO. The van der Waals surface area contributed by atoms with Gasteiger partial charge in [-0.15, -0.1) is 0 Å². The van der Waals surface area contributed by atoms with E-state index in [1.165, 1.54) is 89.9 Å². The third kappa shape index (κ3) is 16.6. The molecule has 0 aliphatic rings. The summed E-state index contributed by atoms with van der Waals surface area (Å²) in [6.07, 6.45) is 21.2. The zero-order valence-electron chi connectivity index (χ0n) is 16.7. The molecule has 1 atom stereocenters. The van der Waals surface area contributed by atoms with Crippen molar-refractivity contribution in [2.75, 3.05) is 20.7 Å². The predicted octanol–water partition coefficient (Wildman–Crippen LogP) is 6.78. The third-order valence-electron chi connectivity index (χ3n) is 4.73. The average molecular weight is 328 g/mol. The SMILES string of the molecule is CCCCCCCCCCCCCCCCOC(CC)N(C)C. The molecule has 2 nitrogen and oxygen atoms in total. The topological polar surface area (TPSA) is 12.5 Å². The zero-order chi connectivity index (χ0) is 17.2. The van der Waals surface area contributed by atoms with Crippen molar-refractivity contribution in [2.24, 2.45) is 0 Å². The Labute approximate surface area is 147 Å². The molecule has 0 amide bonds. The summed E-state index contributed by atoms with van der Waals surface area (Å²) >= 11 is 0. The van der Waals surface area contributed by atoms with E-state index in [2.05, 4.69) is 32.8 Å². The number of unbranched alkanes of at least 4 members (excludes halogenated alkanes) is 13. The molecule has 0 aromatic heterocycles. The Morgan fingerprint density at radius 1 is 0.609 bits per heavy atom. The van der Waals surface area contributed by atoms with Crippen LogP contribution >= 0.6 is 0 Å². The van der Waals surface area contributed by atoms with Crippen molar-refractivity contribution in [1.82, 2.24) is 4.90 Å². The average Bonchev–Trinajstić information content (AvgIpc) is 2.54. The fourth-order valence-corrected chi connectivity index (χ4v) is 3.15. The first-order valence-corrected chi connectivity index (χ1v) is 10.5. The molecule has 0 fully saturated rings. The molecule has 2 heteroatoms. The molecule has 0 aromatic carbocycles. The molecule has 0 bridgehead atoms. The van der Waals surface area contributed by atoms with Gasteiger partial charge in [0, 0.05) is 6.61 Å². The summed E-state index contributed by atoms with van der Waals surface area (Å²) in [5, 5.41) is 0. The first-order chi connectivity index (χ1) is 11.2. The van der Waals surface area contributed by atoms with Gasteiger partial charge in [0.25, 0.3) is 0 Å². The van der Waals surface area contributed by atoms with E-state index >= 15 is 0 Å². The minimum Gasteiger partial charge on any atom is -0.363 e. The lowest BCUT2D eigenvalue weighted by molar-refractivity contribution is -0.0391. The summed E-state index contributed by atoms with van der Waals surface area (Å²) in [6, 6.07) is 0. The molecule has 0 saturated carbocycles. The molecule has 0 N–H and O–H groups in total. The van der Waals surface area contributed by atoms with Gasteiger partial charge in [-0.3, -0.25) is 4.90 Å². The summed E-state index contributed by atoms with van der Waals surface area (Å²) in [6.45, 7) is 5.41.